The van der Waals surface area contributed by atoms with Gasteiger partial charge < -0.3 is 4.52 Å². The third-order valence-corrected chi connectivity index (χ3v) is 9.41. The van der Waals surface area contributed by atoms with Crippen molar-refractivity contribution in [2.75, 3.05) is 0 Å². The van der Waals surface area contributed by atoms with Gasteiger partial charge in [-0.1, -0.05) is 60.7 Å². The minimum absolute atomic E-state index is 0.0337. The molecule has 3 nitrogen and oxygen atoms in total. The second-order valence-electron chi connectivity index (χ2n) is 9.97. The summed E-state index contributed by atoms with van der Waals surface area (Å²) in [4.78, 5) is 5.26. The summed E-state index contributed by atoms with van der Waals surface area (Å²) >= 11 is 0. The highest BCUT2D eigenvalue weighted by Gasteiger charge is 2.39. The van der Waals surface area contributed by atoms with E-state index in [2.05, 4.69) is 135 Å². The van der Waals surface area contributed by atoms with Gasteiger partial charge in [0.1, 0.15) is 6.23 Å². The van der Waals surface area contributed by atoms with Crippen LogP contribution >= 0.6 is 9.47 Å². The summed E-state index contributed by atoms with van der Waals surface area (Å²) in [6.45, 7) is 18.5. The third kappa shape index (κ3) is 6.98. The first kappa shape index (κ1) is 27.2. The van der Waals surface area contributed by atoms with Gasteiger partial charge in [-0.15, -0.1) is 0 Å². The van der Waals surface area contributed by atoms with E-state index < -0.39 is 9.52 Å². The van der Waals surface area contributed by atoms with Crippen LogP contribution < -0.4 is 0 Å². The maximum Gasteiger partial charge on any atom is 0.126 e. The van der Waals surface area contributed by atoms with Crippen molar-refractivity contribution >= 4 is 19.0 Å². The van der Waals surface area contributed by atoms with Crippen LogP contribution in [0.2, 0.25) is 0 Å². The van der Waals surface area contributed by atoms with Gasteiger partial charge in [0.05, 0.1) is 9.52 Å². The first-order chi connectivity index (χ1) is 15.2. The molecule has 0 N–H and O–H groups in total. The maximum atomic E-state index is 6.29. The molecule has 178 valence electrons. The third-order valence-electron chi connectivity index (χ3n) is 6.41. The van der Waals surface area contributed by atoms with Gasteiger partial charge >= 0.3 is 0 Å². The van der Waals surface area contributed by atoms with Crippen LogP contribution in [0.3, 0.4) is 0 Å². The van der Waals surface area contributed by atoms with Crippen LogP contribution in [0.25, 0.3) is 0 Å². The summed E-state index contributed by atoms with van der Waals surface area (Å²) in [5.41, 5.74) is 3.64. The maximum absolute atomic E-state index is 6.29. The lowest BCUT2D eigenvalue weighted by Gasteiger charge is -2.48. The fraction of sp³-hybridized carbons (Fsp3) is 0.556. The molecule has 3 atom stereocenters. The van der Waals surface area contributed by atoms with Gasteiger partial charge in [0.15, 0.2) is 0 Å². The van der Waals surface area contributed by atoms with Crippen LogP contribution in [-0.2, 0) is 4.52 Å². The van der Waals surface area contributed by atoms with Gasteiger partial charge in [-0.3, -0.25) is 9.80 Å². The Morgan fingerprint density at radius 2 is 1.00 bits per heavy atom. The number of hydrogen-bond donors (Lipinski definition) is 0. The molecule has 0 heterocycles. The summed E-state index contributed by atoms with van der Waals surface area (Å²) in [5, 5.41) is 0. The second kappa shape index (κ2) is 13.0. The standard InChI is InChI=1S/C27H45N2OPSi/c1-19(2)28(20(3)4)26(30-31)27(29(21(5)6)22(7)8)32-25(23-15-11-9-12-16-23)24-17-13-10-14-18-24/h9-22,25-27H,31-32H2,1-8H3. The molecule has 0 aliphatic carbocycles. The quantitative estimate of drug-likeness (QED) is 0.226. The SMILES string of the molecule is CC(C)N(C(C)C)C(OP)C([SiH2]C(c1ccccc1)c1ccccc1)N(C(C)C)C(C)C. The van der Waals surface area contributed by atoms with E-state index in [0.29, 0.717) is 35.4 Å². The highest BCUT2D eigenvalue weighted by Crippen LogP contribution is 2.30. The lowest BCUT2D eigenvalue weighted by Crippen LogP contribution is -2.62. The van der Waals surface area contributed by atoms with Crippen molar-refractivity contribution in [3.8, 4) is 0 Å². The summed E-state index contributed by atoms with van der Waals surface area (Å²) in [6, 6.07) is 23.9. The Bertz CT molecular complexity index is 714. The Morgan fingerprint density at radius 3 is 1.31 bits per heavy atom. The van der Waals surface area contributed by atoms with E-state index in [1.807, 2.05) is 0 Å². The van der Waals surface area contributed by atoms with E-state index >= 15 is 0 Å². The van der Waals surface area contributed by atoms with Gasteiger partial charge in [-0.25, -0.2) is 0 Å². The van der Waals surface area contributed by atoms with Crippen molar-refractivity contribution in [3.05, 3.63) is 71.8 Å². The van der Waals surface area contributed by atoms with Crippen LogP contribution in [0.1, 0.15) is 72.1 Å². The molecule has 32 heavy (non-hydrogen) atoms. The predicted molar refractivity (Wildman–Crippen MR) is 146 cm³/mol. The molecule has 0 spiro atoms. The number of nitrogens with zero attached hydrogens (tertiary/aromatic N) is 2. The lowest BCUT2D eigenvalue weighted by atomic mass is 10.0. The molecule has 2 aromatic carbocycles. The van der Waals surface area contributed by atoms with Crippen LogP contribution in [0.5, 0.6) is 0 Å². The Morgan fingerprint density at radius 1 is 0.625 bits per heavy atom. The molecule has 3 unspecified atom stereocenters. The molecule has 0 aliphatic rings. The molecule has 0 radical (unpaired) electrons. The fourth-order valence-corrected chi connectivity index (χ4v) is 9.16. The van der Waals surface area contributed by atoms with Gasteiger partial charge in [0.25, 0.3) is 0 Å². The molecule has 5 heteroatoms. The zero-order valence-electron chi connectivity index (χ0n) is 21.4. The Balaban J connectivity index is 2.60. The van der Waals surface area contributed by atoms with Crippen LogP contribution in [0.4, 0.5) is 0 Å². The van der Waals surface area contributed by atoms with E-state index in [1.165, 1.54) is 11.1 Å². The van der Waals surface area contributed by atoms with Crippen molar-refractivity contribution in [1.82, 2.24) is 9.80 Å². The minimum atomic E-state index is -0.710. The Hall–Kier alpha value is -1.03. The molecule has 0 bridgehead atoms. The molecule has 0 amide bonds. The van der Waals surface area contributed by atoms with E-state index in [9.17, 15) is 0 Å². The van der Waals surface area contributed by atoms with Crippen LogP contribution in [0, 0.1) is 0 Å². The van der Waals surface area contributed by atoms with Crippen molar-refractivity contribution in [2.45, 2.75) is 97.0 Å². The average Bonchev–Trinajstić information content (AvgIpc) is 2.74. The van der Waals surface area contributed by atoms with Gasteiger partial charge in [0.2, 0.25) is 0 Å². The summed E-state index contributed by atoms with van der Waals surface area (Å²) in [7, 11) is 1.89. The normalized spacial score (nSPS) is 14.9. The topological polar surface area (TPSA) is 15.7 Å². The zero-order valence-corrected chi connectivity index (χ0v) is 24.0. The molecule has 2 aromatic rings. The van der Waals surface area contributed by atoms with Crippen molar-refractivity contribution in [1.29, 1.82) is 0 Å². The van der Waals surface area contributed by atoms with Crippen LogP contribution in [0.15, 0.2) is 60.7 Å². The predicted octanol–water partition coefficient (Wildman–Crippen LogP) is 5.64. The highest BCUT2D eigenvalue weighted by atomic mass is 31.0. The van der Waals surface area contributed by atoms with E-state index in [4.69, 9.17) is 4.52 Å². The van der Waals surface area contributed by atoms with Gasteiger partial charge in [-0.2, -0.15) is 0 Å². The zero-order chi connectivity index (χ0) is 23.8. The first-order valence-corrected chi connectivity index (χ1v) is 14.3. The largest absolute Gasteiger partial charge is 0.346 e. The van der Waals surface area contributed by atoms with Crippen molar-refractivity contribution in [2.24, 2.45) is 0 Å². The number of hydrogen-bond acceptors (Lipinski definition) is 3. The van der Waals surface area contributed by atoms with Crippen LogP contribution in [-0.4, -0.2) is 55.4 Å². The fourth-order valence-electron chi connectivity index (χ4n) is 5.37. The lowest BCUT2D eigenvalue weighted by molar-refractivity contribution is -0.0552. The van der Waals surface area contributed by atoms with E-state index in [1.54, 1.807) is 0 Å². The summed E-state index contributed by atoms with van der Waals surface area (Å²) in [5.74, 6) is 0. The number of benzene rings is 2. The molecule has 0 fully saturated rings. The summed E-state index contributed by atoms with van der Waals surface area (Å²) < 4.78 is 6.29. The Labute approximate surface area is 202 Å². The molecule has 0 aromatic heterocycles. The highest BCUT2D eigenvalue weighted by molar-refractivity contribution is 7.09. The Kier molecular flexibility index (Phi) is 11.1. The molecule has 2 rings (SSSR count). The van der Waals surface area contributed by atoms with Crippen molar-refractivity contribution in [3.63, 3.8) is 0 Å². The molecule has 0 saturated carbocycles. The van der Waals surface area contributed by atoms with Gasteiger partial charge in [-0.05, 0) is 72.1 Å². The summed E-state index contributed by atoms with van der Waals surface area (Å²) in [6.07, 6.45) is 0.0337. The first-order valence-electron chi connectivity index (χ1n) is 12.2. The monoisotopic (exact) mass is 472 g/mol. The molecule has 0 aliphatic heterocycles. The second-order valence-corrected chi connectivity index (χ2v) is 12.4. The molecular weight excluding hydrogens is 427 g/mol. The number of rotatable bonds is 12. The van der Waals surface area contributed by atoms with Crippen molar-refractivity contribution < 1.29 is 4.52 Å². The minimum Gasteiger partial charge on any atom is -0.346 e. The average molecular weight is 473 g/mol. The molecule has 0 saturated heterocycles. The molecular formula is C27H45N2OPSi. The van der Waals surface area contributed by atoms with Gasteiger partial charge in [0, 0.05) is 39.3 Å². The van der Waals surface area contributed by atoms with E-state index in [0.717, 1.165) is 0 Å². The van der Waals surface area contributed by atoms with E-state index in [-0.39, 0.29) is 6.23 Å². The smallest absolute Gasteiger partial charge is 0.126 e.